The summed E-state index contributed by atoms with van der Waals surface area (Å²) in [5.74, 6) is 0.170. The quantitative estimate of drug-likeness (QED) is 0.764. The highest BCUT2D eigenvalue weighted by molar-refractivity contribution is 6.20. The van der Waals surface area contributed by atoms with Gasteiger partial charge < -0.3 is 25.0 Å². The van der Waals surface area contributed by atoms with Crippen molar-refractivity contribution in [1.29, 1.82) is 0 Å². The van der Waals surface area contributed by atoms with Gasteiger partial charge in [-0.1, -0.05) is 18.2 Å². The summed E-state index contributed by atoms with van der Waals surface area (Å²) in [5.41, 5.74) is 1.19. The minimum absolute atomic E-state index is 0.278. The highest BCUT2D eigenvalue weighted by Crippen LogP contribution is 2.32. The molecule has 9 nitrogen and oxygen atoms in total. The van der Waals surface area contributed by atoms with E-state index < -0.39 is 29.9 Å². The van der Waals surface area contributed by atoms with Gasteiger partial charge in [0.2, 0.25) is 0 Å². The summed E-state index contributed by atoms with van der Waals surface area (Å²) in [5, 5.41) is 5.59. The first-order valence-electron chi connectivity index (χ1n) is 9.61. The number of methoxy groups -OCH3 is 2. The van der Waals surface area contributed by atoms with Crippen LogP contribution in [0.3, 0.4) is 0 Å². The molecule has 0 aromatic heterocycles. The molecule has 0 saturated carbocycles. The number of para-hydroxylation sites is 1. The maximum atomic E-state index is 13.2. The molecule has 2 N–H and O–H groups in total. The van der Waals surface area contributed by atoms with Gasteiger partial charge in [-0.05, 0) is 24.3 Å². The predicted molar refractivity (Wildman–Crippen MR) is 114 cm³/mol. The number of hydrogen-bond donors (Lipinski definition) is 2. The van der Waals surface area contributed by atoms with E-state index in [9.17, 15) is 14.4 Å². The molecule has 0 bridgehead atoms. The SMILES string of the molecule is COc1ccc(NC(=O)C2=CN(C)C3C(=O)N(c4ccccc4)C(=O)NC23)c(OC)c1. The maximum absolute atomic E-state index is 13.2. The van der Waals surface area contributed by atoms with Crippen LogP contribution in [0, 0.1) is 0 Å². The lowest BCUT2D eigenvalue weighted by atomic mass is 9.99. The van der Waals surface area contributed by atoms with E-state index in [4.69, 9.17) is 9.47 Å². The molecular weight excluding hydrogens is 400 g/mol. The van der Waals surface area contributed by atoms with E-state index in [1.807, 2.05) is 0 Å². The van der Waals surface area contributed by atoms with E-state index in [0.29, 0.717) is 22.9 Å². The number of ether oxygens (including phenoxy) is 2. The van der Waals surface area contributed by atoms with Crippen molar-refractivity contribution >= 4 is 29.2 Å². The van der Waals surface area contributed by atoms with Crippen molar-refractivity contribution in [2.24, 2.45) is 0 Å². The predicted octanol–water partition coefficient (Wildman–Crippen LogP) is 1.97. The molecule has 1 fully saturated rings. The Morgan fingerprint density at radius 2 is 1.81 bits per heavy atom. The second-order valence-electron chi connectivity index (χ2n) is 7.15. The third-order valence-electron chi connectivity index (χ3n) is 5.32. The lowest BCUT2D eigenvalue weighted by Gasteiger charge is -2.37. The zero-order valence-corrected chi connectivity index (χ0v) is 17.3. The molecule has 0 aliphatic carbocycles. The highest BCUT2D eigenvalue weighted by Gasteiger charge is 2.49. The average molecular weight is 422 g/mol. The zero-order chi connectivity index (χ0) is 22.1. The Morgan fingerprint density at radius 1 is 1.06 bits per heavy atom. The molecule has 1 saturated heterocycles. The Balaban J connectivity index is 1.57. The van der Waals surface area contributed by atoms with Crippen LogP contribution < -0.4 is 25.0 Å². The van der Waals surface area contributed by atoms with Crippen LogP contribution in [-0.2, 0) is 9.59 Å². The first-order valence-corrected chi connectivity index (χ1v) is 9.61. The third-order valence-corrected chi connectivity index (χ3v) is 5.32. The van der Waals surface area contributed by atoms with Crippen LogP contribution in [0.2, 0.25) is 0 Å². The van der Waals surface area contributed by atoms with Crippen LogP contribution in [0.15, 0.2) is 60.3 Å². The molecule has 9 heteroatoms. The lowest BCUT2D eigenvalue weighted by molar-refractivity contribution is -0.122. The van der Waals surface area contributed by atoms with Crippen molar-refractivity contribution in [3.8, 4) is 11.5 Å². The van der Waals surface area contributed by atoms with E-state index in [2.05, 4.69) is 10.6 Å². The topological polar surface area (TPSA) is 100 Å². The molecule has 31 heavy (non-hydrogen) atoms. The van der Waals surface area contributed by atoms with Crippen LogP contribution in [-0.4, -0.2) is 56.1 Å². The van der Waals surface area contributed by atoms with Crippen molar-refractivity contribution in [2.45, 2.75) is 12.1 Å². The lowest BCUT2D eigenvalue weighted by Crippen LogP contribution is -2.65. The summed E-state index contributed by atoms with van der Waals surface area (Å²) in [6.07, 6.45) is 1.58. The van der Waals surface area contributed by atoms with Crippen molar-refractivity contribution in [2.75, 3.05) is 31.5 Å². The van der Waals surface area contributed by atoms with Crippen LogP contribution in [0.1, 0.15) is 0 Å². The van der Waals surface area contributed by atoms with Gasteiger partial charge in [0.25, 0.3) is 11.8 Å². The summed E-state index contributed by atoms with van der Waals surface area (Å²) >= 11 is 0. The molecule has 2 aromatic carbocycles. The fourth-order valence-corrected chi connectivity index (χ4v) is 3.81. The van der Waals surface area contributed by atoms with Crippen molar-refractivity contribution < 1.29 is 23.9 Å². The van der Waals surface area contributed by atoms with E-state index in [0.717, 1.165) is 4.90 Å². The molecule has 2 atom stereocenters. The highest BCUT2D eigenvalue weighted by atomic mass is 16.5. The van der Waals surface area contributed by atoms with Crippen molar-refractivity contribution in [1.82, 2.24) is 10.2 Å². The second-order valence-corrected chi connectivity index (χ2v) is 7.15. The molecule has 2 aliphatic heterocycles. The average Bonchev–Trinajstić information content (AvgIpc) is 3.11. The molecule has 0 spiro atoms. The number of likely N-dealkylation sites (N-methyl/N-ethyl adjacent to an activating group) is 1. The Morgan fingerprint density at radius 3 is 2.48 bits per heavy atom. The van der Waals surface area contributed by atoms with E-state index in [1.165, 1.54) is 14.2 Å². The standard InChI is InChI=1S/C22H22N4O5/c1-25-12-15(20(27)23-16-10-9-14(30-2)11-17(16)31-3)18-19(25)21(28)26(22(29)24-18)13-7-5-4-6-8-13/h4-12,18-19H,1-3H3,(H,23,27)(H,24,29). The molecule has 2 aliphatic rings. The summed E-state index contributed by atoms with van der Waals surface area (Å²) in [6.45, 7) is 0. The smallest absolute Gasteiger partial charge is 0.329 e. The fourth-order valence-electron chi connectivity index (χ4n) is 3.81. The molecule has 0 radical (unpaired) electrons. The number of hydrogen-bond acceptors (Lipinski definition) is 6. The van der Waals surface area contributed by atoms with Crippen molar-refractivity contribution in [3.63, 3.8) is 0 Å². The molecule has 2 heterocycles. The van der Waals surface area contributed by atoms with Gasteiger partial charge in [0.1, 0.15) is 17.5 Å². The van der Waals surface area contributed by atoms with Gasteiger partial charge in [-0.2, -0.15) is 0 Å². The number of carbonyl (C=O) groups excluding carboxylic acids is 3. The first-order chi connectivity index (χ1) is 14.9. The number of amides is 4. The molecule has 4 rings (SSSR count). The van der Waals surface area contributed by atoms with Crippen LogP contribution in [0.25, 0.3) is 0 Å². The number of benzene rings is 2. The van der Waals surface area contributed by atoms with Gasteiger partial charge in [0.15, 0.2) is 0 Å². The van der Waals surface area contributed by atoms with Crippen LogP contribution >= 0.6 is 0 Å². The molecule has 2 unspecified atom stereocenters. The summed E-state index contributed by atoms with van der Waals surface area (Å²) in [6, 6.07) is 11.6. The van der Waals surface area contributed by atoms with Gasteiger partial charge in [-0.25, -0.2) is 9.69 Å². The maximum Gasteiger partial charge on any atom is 0.329 e. The van der Waals surface area contributed by atoms with Gasteiger partial charge in [0, 0.05) is 19.3 Å². The number of nitrogens with one attached hydrogen (secondary N) is 2. The van der Waals surface area contributed by atoms with Crippen LogP contribution in [0.4, 0.5) is 16.2 Å². The number of rotatable bonds is 5. The van der Waals surface area contributed by atoms with E-state index in [-0.39, 0.29) is 5.57 Å². The molecule has 4 amide bonds. The monoisotopic (exact) mass is 422 g/mol. The third kappa shape index (κ3) is 3.54. The zero-order valence-electron chi connectivity index (χ0n) is 17.3. The number of imide groups is 1. The minimum Gasteiger partial charge on any atom is -0.497 e. The minimum atomic E-state index is -0.769. The normalized spacial score (nSPS) is 20.0. The van der Waals surface area contributed by atoms with Crippen molar-refractivity contribution in [3.05, 3.63) is 60.3 Å². The Kier molecular flexibility index (Phi) is 5.24. The fraction of sp³-hybridized carbons (Fsp3) is 0.227. The Hall–Kier alpha value is -4.01. The van der Waals surface area contributed by atoms with E-state index >= 15 is 0 Å². The van der Waals surface area contributed by atoms with Gasteiger partial charge in [0.05, 0.1) is 37.2 Å². The number of carbonyl (C=O) groups is 3. The number of fused-ring (bicyclic) bond motifs is 1. The Labute approximate surface area is 179 Å². The van der Waals surface area contributed by atoms with Gasteiger partial charge in [-0.15, -0.1) is 0 Å². The summed E-state index contributed by atoms with van der Waals surface area (Å²) in [4.78, 5) is 41.7. The number of nitrogens with zero attached hydrogens (tertiary/aromatic N) is 2. The first kappa shape index (κ1) is 20.3. The summed E-state index contributed by atoms with van der Waals surface area (Å²) < 4.78 is 10.5. The molecular formula is C22H22N4O5. The summed E-state index contributed by atoms with van der Waals surface area (Å²) in [7, 11) is 4.72. The molecule has 2 aromatic rings. The Bertz CT molecular complexity index is 1070. The second kappa shape index (κ2) is 8.02. The largest absolute Gasteiger partial charge is 0.497 e. The van der Waals surface area contributed by atoms with E-state index in [1.54, 1.807) is 66.7 Å². The van der Waals surface area contributed by atoms with Crippen LogP contribution in [0.5, 0.6) is 11.5 Å². The van der Waals surface area contributed by atoms with Gasteiger partial charge >= 0.3 is 6.03 Å². The number of anilines is 2. The molecule has 160 valence electrons. The van der Waals surface area contributed by atoms with Gasteiger partial charge in [-0.3, -0.25) is 9.59 Å². The number of urea groups is 1.